The minimum Gasteiger partial charge on any atom is -0.411 e. The lowest BCUT2D eigenvalue weighted by atomic mass is 10.1. The van der Waals surface area contributed by atoms with E-state index < -0.39 is 11.8 Å². The normalized spacial score (nSPS) is 13.9. The minimum absolute atomic E-state index is 0.204. The molecule has 0 saturated heterocycles. The highest BCUT2D eigenvalue weighted by Crippen LogP contribution is 2.25. The van der Waals surface area contributed by atoms with E-state index in [4.69, 9.17) is 5.90 Å². The molecule has 1 aromatic rings. The number of amides is 2. The van der Waals surface area contributed by atoms with Gasteiger partial charge >= 0.3 is 0 Å². The molecule has 0 radical (unpaired) electrons. The molecule has 0 aromatic heterocycles. The second-order valence-corrected chi connectivity index (χ2v) is 2.58. The van der Waals surface area contributed by atoms with Crippen molar-refractivity contribution >= 4 is 11.8 Å². The van der Waals surface area contributed by atoms with Crippen LogP contribution in [0.3, 0.4) is 0 Å². The zero-order valence-corrected chi connectivity index (χ0v) is 6.53. The van der Waals surface area contributed by atoms with E-state index in [1.54, 1.807) is 6.07 Å². The number of nitrogens with one attached hydrogen (secondary N) is 1. The van der Waals surface area contributed by atoms with Crippen molar-refractivity contribution in [3.8, 4) is 5.75 Å². The van der Waals surface area contributed by atoms with Gasteiger partial charge in [-0.15, -0.1) is 0 Å². The van der Waals surface area contributed by atoms with Crippen LogP contribution >= 0.6 is 0 Å². The van der Waals surface area contributed by atoms with Gasteiger partial charge in [0.2, 0.25) is 0 Å². The van der Waals surface area contributed by atoms with Crippen LogP contribution in [0.2, 0.25) is 0 Å². The molecule has 1 aliphatic rings. The molecule has 0 bridgehead atoms. The Bertz CT molecular complexity index is 400. The number of hydrogen-bond donors (Lipinski definition) is 2. The zero-order chi connectivity index (χ0) is 9.42. The van der Waals surface area contributed by atoms with Crippen LogP contribution in [-0.4, -0.2) is 11.8 Å². The Hall–Kier alpha value is -1.88. The molecule has 1 heterocycles. The SMILES string of the molecule is NOc1cccc2c1C(=O)NC2=O. The molecule has 0 fully saturated rings. The fourth-order valence-electron chi connectivity index (χ4n) is 1.29. The average molecular weight is 178 g/mol. The molecule has 1 aliphatic heterocycles. The second kappa shape index (κ2) is 2.56. The molecule has 2 rings (SSSR count). The highest BCUT2D eigenvalue weighted by atomic mass is 16.6. The molecule has 0 aliphatic carbocycles. The summed E-state index contributed by atoms with van der Waals surface area (Å²) < 4.78 is 0. The first-order chi connectivity index (χ1) is 6.24. The standard InChI is InChI=1S/C8H6N2O3/c9-13-5-3-1-2-4-6(5)8(12)10-7(4)11/h1-3H,9H2,(H,10,11,12). The van der Waals surface area contributed by atoms with Crippen LogP contribution in [0.25, 0.3) is 0 Å². The Kier molecular flexibility index (Phi) is 1.53. The van der Waals surface area contributed by atoms with Gasteiger partial charge in [-0.1, -0.05) is 6.07 Å². The monoisotopic (exact) mass is 178 g/mol. The van der Waals surface area contributed by atoms with E-state index >= 15 is 0 Å². The molecular weight excluding hydrogens is 172 g/mol. The van der Waals surface area contributed by atoms with Crippen LogP contribution in [0.1, 0.15) is 20.7 Å². The molecule has 0 saturated carbocycles. The maximum Gasteiger partial charge on any atom is 0.262 e. The molecule has 13 heavy (non-hydrogen) atoms. The Morgan fingerprint density at radius 2 is 2.00 bits per heavy atom. The van der Waals surface area contributed by atoms with E-state index in [1.807, 2.05) is 0 Å². The minimum atomic E-state index is -0.471. The lowest BCUT2D eigenvalue weighted by Gasteiger charge is -2.01. The van der Waals surface area contributed by atoms with Crippen LogP contribution < -0.4 is 16.1 Å². The van der Waals surface area contributed by atoms with Crippen molar-refractivity contribution in [2.45, 2.75) is 0 Å². The summed E-state index contributed by atoms with van der Waals surface area (Å²) in [5.41, 5.74) is 0.503. The van der Waals surface area contributed by atoms with Gasteiger partial charge in [0.25, 0.3) is 11.8 Å². The molecule has 3 N–H and O–H groups in total. The average Bonchev–Trinajstić information content (AvgIpc) is 2.43. The number of imide groups is 1. The molecule has 0 spiro atoms. The van der Waals surface area contributed by atoms with Crippen molar-refractivity contribution in [1.82, 2.24) is 5.32 Å². The third-order valence-electron chi connectivity index (χ3n) is 1.85. The number of benzene rings is 1. The van der Waals surface area contributed by atoms with E-state index in [0.717, 1.165) is 0 Å². The molecule has 0 unspecified atom stereocenters. The number of hydrogen-bond acceptors (Lipinski definition) is 4. The van der Waals surface area contributed by atoms with Gasteiger partial charge in [0.05, 0.1) is 11.1 Å². The lowest BCUT2D eigenvalue weighted by Crippen LogP contribution is -2.20. The summed E-state index contributed by atoms with van der Waals surface area (Å²) in [6.07, 6.45) is 0. The van der Waals surface area contributed by atoms with Crippen molar-refractivity contribution in [3.05, 3.63) is 29.3 Å². The summed E-state index contributed by atoms with van der Waals surface area (Å²) in [6, 6.07) is 4.66. The van der Waals surface area contributed by atoms with E-state index in [1.165, 1.54) is 12.1 Å². The van der Waals surface area contributed by atoms with Crippen molar-refractivity contribution in [1.29, 1.82) is 0 Å². The topological polar surface area (TPSA) is 81.4 Å². The first kappa shape index (κ1) is 7.75. The first-order valence-electron chi connectivity index (χ1n) is 3.59. The van der Waals surface area contributed by atoms with Crippen molar-refractivity contribution < 1.29 is 14.4 Å². The van der Waals surface area contributed by atoms with Crippen LogP contribution in [0.15, 0.2) is 18.2 Å². The molecule has 66 valence electrons. The summed E-state index contributed by atoms with van der Waals surface area (Å²) in [7, 11) is 0. The molecule has 1 aromatic carbocycles. The van der Waals surface area contributed by atoms with Gasteiger partial charge in [-0.25, -0.2) is 0 Å². The van der Waals surface area contributed by atoms with Gasteiger partial charge < -0.3 is 4.84 Å². The van der Waals surface area contributed by atoms with E-state index in [9.17, 15) is 9.59 Å². The largest absolute Gasteiger partial charge is 0.411 e. The van der Waals surface area contributed by atoms with Gasteiger partial charge in [-0.05, 0) is 12.1 Å². The van der Waals surface area contributed by atoms with Crippen molar-refractivity contribution in [3.63, 3.8) is 0 Å². The molecular formula is C8H6N2O3. The Labute approximate surface area is 73.4 Å². The summed E-state index contributed by atoms with van der Waals surface area (Å²) in [5, 5.41) is 2.14. The van der Waals surface area contributed by atoms with Gasteiger partial charge in [-0.3, -0.25) is 14.9 Å². The molecule has 5 nitrogen and oxygen atoms in total. The highest BCUT2D eigenvalue weighted by Gasteiger charge is 2.29. The van der Waals surface area contributed by atoms with Gasteiger partial charge in [0.1, 0.15) is 0 Å². The van der Waals surface area contributed by atoms with Crippen molar-refractivity contribution in [2.75, 3.05) is 0 Å². The predicted molar refractivity (Wildman–Crippen MR) is 43.1 cm³/mol. The fraction of sp³-hybridized carbons (Fsp3) is 0. The van der Waals surface area contributed by atoms with Crippen LogP contribution in [0, 0.1) is 0 Å². The Morgan fingerprint density at radius 3 is 2.69 bits per heavy atom. The molecule has 2 amide bonds. The number of carbonyl (C=O) groups excluding carboxylic acids is 2. The second-order valence-electron chi connectivity index (χ2n) is 2.58. The summed E-state index contributed by atoms with van der Waals surface area (Å²) in [4.78, 5) is 26.8. The summed E-state index contributed by atoms with van der Waals surface area (Å²) >= 11 is 0. The van der Waals surface area contributed by atoms with E-state index in [0.29, 0.717) is 5.56 Å². The quantitative estimate of drug-likeness (QED) is 0.461. The van der Waals surface area contributed by atoms with Gasteiger partial charge in [0, 0.05) is 0 Å². The predicted octanol–water partition coefficient (Wildman–Crippen LogP) is -0.177. The van der Waals surface area contributed by atoms with Crippen LogP contribution in [-0.2, 0) is 0 Å². The van der Waals surface area contributed by atoms with Gasteiger partial charge in [-0.2, -0.15) is 5.90 Å². The van der Waals surface area contributed by atoms with Gasteiger partial charge in [0.15, 0.2) is 5.75 Å². The third-order valence-corrected chi connectivity index (χ3v) is 1.85. The number of carbonyl (C=O) groups is 2. The fourth-order valence-corrected chi connectivity index (χ4v) is 1.29. The number of rotatable bonds is 1. The maximum atomic E-state index is 11.2. The van der Waals surface area contributed by atoms with E-state index in [-0.39, 0.29) is 11.3 Å². The van der Waals surface area contributed by atoms with Crippen LogP contribution in [0.4, 0.5) is 0 Å². The highest BCUT2D eigenvalue weighted by molar-refractivity contribution is 6.22. The zero-order valence-electron chi connectivity index (χ0n) is 6.53. The first-order valence-corrected chi connectivity index (χ1v) is 3.59. The third kappa shape index (κ3) is 0.978. The molecule has 0 atom stereocenters. The maximum absolute atomic E-state index is 11.2. The van der Waals surface area contributed by atoms with E-state index in [2.05, 4.69) is 10.2 Å². The smallest absolute Gasteiger partial charge is 0.262 e. The lowest BCUT2D eigenvalue weighted by molar-refractivity contribution is 0.0878. The summed E-state index contributed by atoms with van der Waals surface area (Å²) in [6.45, 7) is 0. The Morgan fingerprint density at radius 1 is 1.23 bits per heavy atom. The van der Waals surface area contributed by atoms with Crippen molar-refractivity contribution in [2.24, 2.45) is 5.90 Å². The number of fused-ring (bicyclic) bond motifs is 1. The number of nitrogens with two attached hydrogens (primary N) is 1. The van der Waals surface area contributed by atoms with Crippen LogP contribution in [0.5, 0.6) is 5.75 Å². The molecule has 5 heteroatoms. The summed E-state index contributed by atoms with van der Waals surface area (Å²) in [5.74, 6) is 4.26. The Balaban J connectivity index is 2.69.